The Hall–Kier alpha value is -3.02. The monoisotopic (exact) mass is 385 g/mol. The minimum atomic E-state index is -1.36. The molecular formula is C19H19N3O4S. The van der Waals surface area contributed by atoms with Crippen LogP contribution in [0.4, 0.5) is 16.2 Å². The molecule has 2 N–H and O–H groups in total. The molecule has 2 aromatic rings. The summed E-state index contributed by atoms with van der Waals surface area (Å²) in [5, 5.41) is 22.4. The first-order valence-electron chi connectivity index (χ1n) is 8.04. The average Bonchev–Trinajstić information content (AvgIpc) is 2.60. The smallest absolute Gasteiger partial charge is 0.409 e. The second-order valence-corrected chi connectivity index (χ2v) is 6.96. The van der Waals surface area contributed by atoms with Crippen LogP contribution in [0.3, 0.4) is 0 Å². The number of nitro benzene ring substituents is 1. The van der Waals surface area contributed by atoms with Gasteiger partial charge in [-0.25, -0.2) is 4.79 Å². The highest BCUT2D eigenvalue weighted by Gasteiger charge is 2.19. The molecule has 0 aliphatic heterocycles. The van der Waals surface area contributed by atoms with E-state index in [4.69, 9.17) is 5.11 Å². The molecule has 0 radical (unpaired) electrons. The van der Waals surface area contributed by atoms with Gasteiger partial charge in [-0.2, -0.15) is 0 Å². The van der Waals surface area contributed by atoms with Gasteiger partial charge in [-0.15, -0.1) is 11.8 Å². The van der Waals surface area contributed by atoms with Crippen LogP contribution in [0, 0.1) is 22.0 Å². The Balaban J connectivity index is 2.46. The van der Waals surface area contributed by atoms with Gasteiger partial charge in [0.25, 0.3) is 5.69 Å². The number of thioether (sulfide) groups is 1. The van der Waals surface area contributed by atoms with Gasteiger partial charge in [-0.05, 0) is 32.3 Å². The third-order valence-corrected chi connectivity index (χ3v) is 4.48. The molecule has 0 saturated heterocycles. The largest absolute Gasteiger partial charge is 0.465 e. The standard InChI is InChI=1S/C19H19N3O4S/c1-21(2)10-11-27-18-13-16(20-19(23)24)17(22(25)26)12-15(18)9-8-14-6-4-3-5-7-14/h3-7,12-13,20H,10-11H2,1-2H3,(H,23,24). The summed E-state index contributed by atoms with van der Waals surface area (Å²) in [5.74, 6) is 6.71. The van der Waals surface area contributed by atoms with Crippen molar-refractivity contribution in [2.45, 2.75) is 4.90 Å². The molecule has 0 saturated carbocycles. The summed E-state index contributed by atoms with van der Waals surface area (Å²) in [6.45, 7) is 0.800. The Kier molecular flexibility index (Phi) is 7.23. The third-order valence-electron chi connectivity index (χ3n) is 3.45. The van der Waals surface area contributed by atoms with Gasteiger partial charge < -0.3 is 10.0 Å². The molecule has 0 aliphatic rings. The van der Waals surface area contributed by atoms with Gasteiger partial charge in [0.15, 0.2) is 0 Å². The van der Waals surface area contributed by atoms with Crippen molar-refractivity contribution >= 4 is 29.2 Å². The van der Waals surface area contributed by atoms with Crippen molar-refractivity contribution in [1.82, 2.24) is 4.90 Å². The lowest BCUT2D eigenvalue weighted by Gasteiger charge is -2.11. The lowest BCUT2D eigenvalue weighted by atomic mass is 10.1. The van der Waals surface area contributed by atoms with Crippen LogP contribution in [-0.2, 0) is 0 Å². The number of hydrogen-bond donors (Lipinski definition) is 2. The van der Waals surface area contributed by atoms with Gasteiger partial charge >= 0.3 is 6.09 Å². The van der Waals surface area contributed by atoms with Crippen molar-refractivity contribution in [3.63, 3.8) is 0 Å². The molecule has 7 nitrogen and oxygen atoms in total. The predicted octanol–water partition coefficient (Wildman–Crippen LogP) is 3.74. The molecule has 0 heterocycles. The van der Waals surface area contributed by atoms with Crippen LogP contribution in [0.25, 0.3) is 0 Å². The second kappa shape index (κ2) is 9.62. The van der Waals surface area contributed by atoms with Crippen molar-refractivity contribution in [2.75, 3.05) is 31.7 Å². The molecule has 2 aromatic carbocycles. The first-order chi connectivity index (χ1) is 12.9. The van der Waals surface area contributed by atoms with Crippen molar-refractivity contribution in [3.8, 4) is 11.8 Å². The van der Waals surface area contributed by atoms with Crippen LogP contribution in [0.15, 0.2) is 47.4 Å². The normalized spacial score (nSPS) is 10.2. The molecule has 8 heteroatoms. The predicted molar refractivity (Wildman–Crippen MR) is 106 cm³/mol. The molecule has 2 rings (SSSR count). The van der Waals surface area contributed by atoms with Gasteiger partial charge in [0, 0.05) is 34.4 Å². The van der Waals surface area contributed by atoms with Crippen LogP contribution in [-0.4, -0.2) is 47.4 Å². The Bertz CT molecular complexity index is 889. The Morgan fingerprint density at radius 3 is 2.56 bits per heavy atom. The van der Waals surface area contributed by atoms with Crippen LogP contribution in [0.5, 0.6) is 0 Å². The first-order valence-corrected chi connectivity index (χ1v) is 9.02. The molecule has 140 valence electrons. The maximum Gasteiger partial charge on any atom is 0.409 e. The molecule has 0 aliphatic carbocycles. The summed E-state index contributed by atoms with van der Waals surface area (Å²) in [6, 6.07) is 12.1. The number of carboxylic acid groups (broad SMARTS) is 1. The number of anilines is 1. The van der Waals surface area contributed by atoms with Gasteiger partial charge in [0.2, 0.25) is 0 Å². The summed E-state index contributed by atoms with van der Waals surface area (Å²) in [7, 11) is 3.90. The third kappa shape index (κ3) is 6.33. The highest BCUT2D eigenvalue weighted by Crippen LogP contribution is 2.33. The van der Waals surface area contributed by atoms with E-state index in [0.717, 1.165) is 17.9 Å². The first kappa shape index (κ1) is 20.3. The van der Waals surface area contributed by atoms with E-state index < -0.39 is 11.0 Å². The zero-order valence-electron chi connectivity index (χ0n) is 14.9. The lowest BCUT2D eigenvalue weighted by Crippen LogP contribution is -2.15. The Morgan fingerprint density at radius 2 is 1.96 bits per heavy atom. The van der Waals surface area contributed by atoms with Gasteiger partial charge in [-0.1, -0.05) is 30.0 Å². The van der Waals surface area contributed by atoms with Crippen LogP contribution >= 0.6 is 11.8 Å². The SMILES string of the molecule is CN(C)CCSc1cc(NC(=O)O)c([N+](=O)[O-])cc1C#Cc1ccccc1. The maximum absolute atomic E-state index is 11.4. The lowest BCUT2D eigenvalue weighted by molar-refractivity contribution is -0.384. The zero-order chi connectivity index (χ0) is 19.8. The fourth-order valence-electron chi connectivity index (χ4n) is 2.15. The van der Waals surface area contributed by atoms with Crippen LogP contribution in [0.1, 0.15) is 11.1 Å². The molecule has 0 atom stereocenters. The summed E-state index contributed by atoms with van der Waals surface area (Å²) < 4.78 is 0. The molecular weight excluding hydrogens is 366 g/mol. The minimum Gasteiger partial charge on any atom is -0.465 e. The van der Waals surface area contributed by atoms with Gasteiger partial charge in [-0.3, -0.25) is 15.4 Å². The van der Waals surface area contributed by atoms with E-state index in [1.165, 1.54) is 23.9 Å². The topological polar surface area (TPSA) is 95.7 Å². The quantitative estimate of drug-likeness (QED) is 0.340. The summed E-state index contributed by atoms with van der Waals surface area (Å²) in [5.41, 5.74) is 0.888. The highest BCUT2D eigenvalue weighted by molar-refractivity contribution is 7.99. The fourth-order valence-corrected chi connectivity index (χ4v) is 3.29. The molecule has 1 amide bonds. The van der Waals surface area contributed by atoms with Crippen LogP contribution in [0.2, 0.25) is 0 Å². The maximum atomic E-state index is 11.4. The van der Waals surface area contributed by atoms with E-state index in [0.29, 0.717) is 10.5 Å². The van der Waals surface area contributed by atoms with E-state index in [1.54, 1.807) is 0 Å². The number of carbonyl (C=O) groups is 1. The molecule has 0 spiro atoms. The Morgan fingerprint density at radius 1 is 1.26 bits per heavy atom. The number of benzene rings is 2. The van der Waals surface area contributed by atoms with Crippen LogP contribution < -0.4 is 5.32 Å². The van der Waals surface area contributed by atoms with Crippen molar-refractivity contribution in [1.29, 1.82) is 0 Å². The minimum absolute atomic E-state index is 0.0647. The molecule has 0 bridgehead atoms. The van der Waals surface area contributed by atoms with E-state index in [-0.39, 0.29) is 11.4 Å². The highest BCUT2D eigenvalue weighted by atomic mass is 32.2. The number of nitrogens with one attached hydrogen (secondary N) is 1. The molecule has 0 aromatic heterocycles. The van der Waals surface area contributed by atoms with Crippen molar-refractivity contribution in [2.24, 2.45) is 0 Å². The number of nitro groups is 1. The molecule has 0 unspecified atom stereocenters. The van der Waals surface area contributed by atoms with E-state index >= 15 is 0 Å². The number of hydrogen-bond acceptors (Lipinski definition) is 5. The zero-order valence-corrected chi connectivity index (χ0v) is 15.7. The van der Waals surface area contributed by atoms with E-state index in [9.17, 15) is 14.9 Å². The van der Waals surface area contributed by atoms with E-state index in [2.05, 4.69) is 17.2 Å². The van der Waals surface area contributed by atoms with E-state index in [1.807, 2.05) is 49.3 Å². The number of amides is 1. The molecule has 0 fully saturated rings. The molecule has 27 heavy (non-hydrogen) atoms. The van der Waals surface area contributed by atoms with Gasteiger partial charge in [0.05, 0.1) is 4.92 Å². The van der Waals surface area contributed by atoms with Crippen molar-refractivity contribution in [3.05, 3.63) is 63.7 Å². The number of rotatable bonds is 6. The fraction of sp³-hybridized carbons (Fsp3) is 0.211. The van der Waals surface area contributed by atoms with Gasteiger partial charge in [0.1, 0.15) is 5.69 Å². The Labute approximate surface area is 161 Å². The second-order valence-electron chi connectivity index (χ2n) is 5.82. The summed E-state index contributed by atoms with van der Waals surface area (Å²) >= 11 is 1.47. The summed E-state index contributed by atoms with van der Waals surface area (Å²) in [6.07, 6.45) is -1.36. The number of nitrogens with zero attached hydrogens (tertiary/aromatic N) is 2. The van der Waals surface area contributed by atoms with Crippen molar-refractivity contribution < 1.29 is 14.8 Å². The summed E-state index contributed by atoms with van der Waals surface area (Å²) in [4.78, 5) is 24.4. The average molecular weight is 385 g/mol.